The summed E-state index contributed by atoms with van der Waals surface area (Å²) in [6.45, 7) is 9.83. The lowest BCUT2D eigenvalue weighted by Crippen LogP contribution is -2.11. The number of nitrogens with zero attached hydrogens (tertiary/aromatic N) is 2. The van der Waals surface area contributed by atoms with E-state index in [1.165, 1.54) is 5.01 Å². The van der Waals surface area contributed by atoms with Crippen LogP contribution in [0.4, 0.5) is 5.69 Å². The van der Waals surface area contributed by atoms with Crippen LogP contribution in [0.5, 0.6) is 5.88 Å². The standard InChI is InChI=1S/C15H21N3OS/c1-5-19-13-7-6-11(8-17-13)16-9-12-10-20-14(18-12)15(2,3)4/h6-8,10,16H,5,9H2,1-4H3. The smallest absolute Gasteiger partial charge is 0.213 e. The Morgan fingerprint density at radius 2 is 2.10 bits per heavy atom. The molecule has 2 heterocycles. The normalized spacial score (nSPS) is 11.4. The van der Waals surface area contributed by atoms with Gasteiger partial charge in [-0.1, -0.05) is 20.8 Å². The second-order valence-electron chi connectivity index (χ2n) is 5.57. The number of thiazole rings is 1. The van der Waals surface area contributed by atoms with Gasteiger partial charge in [0, 0.05) is 16.9 Å². The highest BCUT2D eigenvalue weighted by molar-refractivity contribution is 7.09. The van der Waals surface area contributed by atoms with Crippen LogP contribution in [0.15, 0.2) is 23.7 Å². The van der Waals surface area contributed by atoms with E-state index in [2.05, 4.69) is 41.4 Å². The maximum Gasteiger partial charge on any atom is 0.213 e. The minimum absolute atomic E-state index is 0.115. The summed E-state index contributed by atoms with van der Waals surface area (Å²) < 4.78 is 5.31. The van der Waals surface area contributed by atoms with Gasteiger partial charge in [-0.2, -0.15) is 0 Å². The van der Waals surface area contributed by atoms with Crippen LogP contribution in [0.1, 0.15) is 38.4 Å². The summed E-state index contributed by atoms with van der Waals surface area (Å²) in [5.74, 6) is 0.654. The molecule has 0 aliphatic heterocycles. The summed E-state index contributed by atoms with van der Waals surface area (Å²) in [5.41, 5.74) is 2.15. The number of hydrogen-bond acceptors (Lipinski definition) is 5. The molecule has 0 amide bonds. The SMILES string of the molecule is CCOc1ccc(NCc2csc(C(C)(C)C)n2)cn1. The van der Waals surface area contributed by atoms with Crippen LogP contribution >= 0.6 is 11.3 Å². The van der Waals surface area contributed by atoms with Crippen molar-refractivity contribution in [1.82, 2.24) is 9.97 Å². The molecule has 0 aromatic carbocycles. The Labute approximate surface area is 124 Å². The number of rotatable bonds is 5. The topological polar surface area (TPSA) is 47.0 Å². The summed E-state index contributed by atoms with van der Waals surface area (Å²) in [5, 5.41) is 6.59. The van der Waals surface area contributed by atoms with Gasteiger partial charge in [-0.25, -0.2) is 9.97 Å². The average molecular weight is 291 g/mol. The molecule has 4 nitrogen and oxygen atoms in total. The first-order valence-electron chi connectivity index (χ1n) is 6.76. The lowest BCUT2D eigenvalue weighted by molar-refractivity contribution is 0.327. The van der Waals surface area contributed by atoms with E-state index in [-0.39, 0.29) is 5.41 Å². The summed E-state index contributed by atoms with van der Waals surface area (Å²) >= 11 is 1.71. The fourth-order valence-corrected chi connectivity index (χ4v) is 2.55. The Hall–Kier alpha value is -1.62. The van der Waals surface area contributed by atoms with Crippen LogP contribution in [-0.2, 0) is 12.0 Å². The molecule has 0 fully saturated rings. The van der Waals surface area contributed by atoms with Crippen LogP contribution < -0.4 is 10.1 Å². The molecule has 0 radical (unpaired) electrons. The Kier molecular flexibility index (Phi) is 4.60. The molecule has 0 bridgehead atoms. The van der Waals surface area contributed by atoms with Crippen molar-refractivity contribution in [3.8, 4) is 5.88 Å². The molecule has 0 aliphatic rings. The number of nitrogens with one attached hydrogen (secondary N) is 1. The molecular weight excluding hydrogens is 270 g/mol. The average Bonchev–Trinajstić information content (AvgIpc) is 2.87. The van der Waals surface area contributed by atoms with Crippen molar-refractivity contribution in [3.05, 3.63) is 34.4 Å². The highest BCUT2D eigenvalue weighted by Gasteiger charge is 2.17. The van der Waals surface area contributed by atoms with E-state index in [4.69, 9.17) is 4.74 Å². The summed E-state index contributed by atoms with van der Waals surface area (Å²) in [6, 6.07) is 3.84. The van der Waals surface area contributed by atoms with E-state index >= 15 is 0 Å². The zero-order chi connectivity index (χ0) is 14.6. The predicted molar refractivity (Wildman–Crippen MR) is 83.5 cm³/mol. The van der Waals surface area contributed by atoms with E-state index in [0.29, 0.717) is 19.0 Å². The van der Waals surface area contributed by atoms with Crippen molar-refractivity contribution in [1.29, 1.82) is 0 Å². The third-order valence-corrected chi connectivity index (χ3v) is 4.01. The molecule has 0 atom stereocenters. The van der Waals surface area contributed by atoms with Crippen LogP contribution in [0.25, 0.3) is 0 Å². The third kappa shape index (κ3) is 3.93. The van der Waals surface area contributed by atoms with E-state index < -0.39 is 0 Å². The van der Waals surface area contributed by atoms with E-state index in [1.54, 1.807) is 17.5 Å². The van der Waals surface area contributed by atoms with E-state index in [0.717, 1.165) is 11.4 Å². The maximum absolute atomic E-state index is 5.31. The van der Waals surface area contributed by atoms with Crippen LogP contribution in [-0.4, -0.2) is 16.6 Å². The lowest BCUT2D eigenvalue weighted by atomic mass is 9.98. The minimum Gasteiger partial charge on any atom is -0.478 e. The molecule has 108 valence electrons. The van der Waals surface area contributed by atoms with Crippen LogP contribution in [0.3, 0.4) is 0 Å². The van der Waals surface area contributed by atoms with Gasteiger partial charge in [0.2, 0.25) is 5.88 Å². The largest absolute Gasteiger partial charge is 0.478 e. The lowest BCUT2D eigenvalue weighted by Gasteiger charge is -2.13. The molecule has 0 unspecified atom stereocenters. The molecule has 0 spiro atoms. The zero-order valence-electron chi connectivity index (χ0n) is 12.4. The number of pyridine rings is 1. The molecule has 0 saturated heterocycles. The van der Waals surface area contributed by atoms with Gasteiger partial charge in [-0.3, -0.25) is 0 Å². The van der Waals surface area contributed by atoms with Gasteiger partial charge in [-0.05, 0) is 13.0 Å². The summed E-state index contributed by atoms with van der Waals surface area (Å²) in [4.78, 5) is 8.88. The first kappa shape index (κ1) is 14.8. The highest BCUT2D eigenvalue weighted by Crippen LogP contribution is 2.25. The zero-order valence-corrected chi connectivity index (χ0v) is 13.3. The van der Waals surface area contributed by atoms with Gasteiger partial charge in [-0.15, -0.1) is 11.3 Å². The summed E-state index contributed by atoms with van der Waals surface area (Å²) in [6.07, 6.45) is 1.78. The summed E-state index contributed by atoms with van der Waals surface area (Å²) in [7, 11) is 0. The van der Waals surface area contributed by atoms with E-state index in [9.17, 15) is 0 Å². The Morgan fingerprint density at radius 3 is 2.65 bits per heavy atom. The number of hydrogen-bond donors (Lipinski definition) is 1. The molecule has 5 heteroatoms. The fourth-order valence-electron chi connectivity index (χ4n) is 1.64. The molecular formula is C15H21N3OS. The van der Waals surface area contributed by atoms with E-state index in [1.807, 2.05) is 19.1 Å². The second-order valence-corrected chi connectivity index (χ2v) is 6.42. The van der Waals surface area contributed by atoms with Gasteiger partial charge in [0.15, 0.2) is 0 Å². The van der Waals surface area contributed by atoms with Gasteiger partial charge >= 0.3 is 0 Å². The van der Waals surface area contributed by atoms with Crippen molar-refractivity contribution in [2.24, 2.45) is 0 Å². The first-order valence-corrected chi connectivity index (χ1v) is 7.64. The quantitative estimate of drug-likeness (QED) is 0.909. The van der Waals surface area contributed by atoms with Crippen LogP contribution in [0, 0.1) is 0 Å². The molecule has 0 aliphatic carbocycles. The molecule has 2 aromatic rings. The minimum atomic E-state index is 0.115. The second kappa shape index (κ2) is 6.22. The van der Waals surface area contributed by atoms with Crippen molar-refractivity contribution in [3.63, 3.8) is 0 Å². The van der Waals surface area contributed by atoms with Gasteiger partial charge in [0.25, 0.3) is 0 Å². The highest BCUT2D eigenvalue weighted by atomic mass is 32.1. The predicted octanol–water partition coefficient (Wildman–Crippen LogP) is 3.85. The number of anilines is 1. The van der Waals surface area contributed by atoms with Crippen molar-refractivity contribution >= 4 is 17.0 Å². The van der Waals surface area contributed by atoms with Gasteiger partial charge in [0.05, 0.1) is 35.7 Å². The Morgan fingerprint density at radius 1 is 1.30 bits per heavy atom. The van der Waals surface area contributed by atoms with Crippen molar-refractivity contribution < 1.29 is 4.74 Å². The third-order valence-electron chi connectivity index (χ3n) is 2.70. The maximum atomic E-state index is 5.31. The number of ether oxygens (including phenoxy) is 1. The number of aromatic nitrogens is 2. The van der Waals surface area contributed by atoms with Crippen molar-refractivity contribution in [2.75, 3.05) is 11.9 Å². The first-order chi connectivity index (χ1) is 9.49. The molecule has 2 rings (SSSR count). The fraction of sp³-hybridized carbons (Fsp3) is 0.467. The van der Waals surface area contributed by atoms with Crippen LogP contribution in [0.2, 0.25) is 0 Å². The van der Waals surface area contributed by atoms with Gasteiger partial charge in [0.1, 0.15) is 0 Å². The molecule has 0 saturated carbocycles. The monoisotopic (exact) mass is 291 g/mol. The molecule has 20 heavy (non-hydrogen) atoms. The van der Waals surface area contributed by atoms with Crippen molar-refractivity contribution in [2.45, 2.75) is 39.7 Å². The molecule has 2 aromatic heterocycles. The van der Waals surface area contributed by atoms with Gasteiger partial charge < -0.3 is 10.1 Å². The Balaban J connectivity index is 1.93. The Bertz CT molecular complexity index is 543. The molecule has 1 N–H and O–H groups in total.